The first kappa shape index (κ1) is 20.7. The first-order valence-electron chi connectivity index (χ1n) is 11.5. The maximum Gasteiger partial charge on any atom is 0.225 e. The predicted molar refractivity (Wildman–Crippen MR) is 116 cm³/mol. The standard InChI is InChI=1S/C23H37N5O/c1-5-16(2)22(29)17(3)27-10-8-18(9-11-27)19-12-24-23(25-13-19)28-20-6-7-21(28)15-26(4)14-20/h12-13,16-18,20-21H,5-11,14-15H2,1-4H3/t16?,17-,20?,21?/m1/s1. The molecular formula is C23H37N5O. The van der Waals surface area contributed by atoms with E-state index in [9.17, 15) is 4.79 Å². The van der Waals surface area contributed by atoms with E-state index in [1.807, 2.05) is 0 Å². The van der Waals surface area contributed by atoms with Crippen LogP contribution in [-0.4, -0.2) is 76.9 Å². The van der Waals surface area contributed by atoms with Crippen molar-refractivity contribution in [3.63, 3.8) is 0 Å². The molecule has 6 nitrogen and oxygen atoms in total. The average molecular weight is 400 g/mol. The molecule has 0 aliphatic carbocycles. The summed E-state index contributed by atoms with van der Waals surface area (Å²) in [6.45, 7) is 10.4. The van der Waals surface area contributed by atoms with E-state index in [2.05, 4.69) is 54.9 Å². The minimum absolute atomic E-state index is 0.0391. The van der Waals surface area contributed by atoms with Crippen LogP contribution in [0.3, 0.4) is 0 Å². The number of likely N-dealkylation sites (tertiary alicyclic amines) is 2. The summed E-state index contributed by atoms with van der Waals surface area (Å²) in [4.78, 5) is 29.4. The van der Waals surface area contributed by atoms with Crippen LogP contribution in [0.1, 0.15) is 64.4 Å². The third kappa shape index (κ3) is 4.19. The lowest BCUT2D eigenvalue weighted by Crippen LogP contribution is -2.53. The molecule has 2 bridgehead atoms. The van der Waals surface area contributed by atoms with Crippen molar-refractivity contribution in [2.75, 3.05) is 38.1 Å². The minimum Gasteiger partial charge on any atom is -0.332 e. The molecule has 3 aliphatic rings. The van der Waals surface area contributed by atoms with Gasteiger partial charge in [-0.15, -0.1) is 0 Å². The van der Waals surface area contributed by atoms with Crippen LogP contribution in [0.2, 0.25) is 0 Å². The highest BCUT2D eigenvalue weighted by Crippen LogP contribution is 2.34. The Balaban J connectivity index is 1.35. The first-order chi connectivity index (χ1) is 14.0. The van der Waals surface area contributed by atoms with Crippen LogP contribution in [0.25, 0.3) is 0 Å². The van der Waals surface area contributed by atoms with Gasteiger partial charge in [-0.25, -0.2) is 9.97 Å². The Hall–Kier alpha value is -1.53. The molecule has 6 heteroatoms. The molecule has 4 rings (SSSR count). The van der Waals surface area contributed by atoms with E-state index in [-0.39, 0.29) is 12.0 Å². The molecule has 0 spiro atoms. The minimum atomic E-state index is 0.0391. The van der Waals surface area contributed by atoms with Crippen LogP contribution in [0.4, 0.5) is 5.95 Å². The third-order valence-electron chi connectivity index (χ3n) is 7.61. The van der Waals surface area contributed by atoms with Gasteiger partial charge in [0.25, 0.3) is 0 Å². The zero-order chi connectivity index (χ0) is 20.5. The molecule has 160 valence electrons. The summed E-state index contributed by atoms with van der Waals surface area (Å²) < 4.78 is 0. The van der Waals surface area contributed by atoms with E-state index < -0.39 is 0 Å². The van der Waals surface area contributed by atoms with Crippen molar-refractivity contribution in [2.24, 2.45) is 5.92 Å². The fourth-order valence-corrected chi connectivity index (χ4v) is 5.53. The second-order valence-electron chi connectivity index (χ2n) is 9.53. The summed E-state index contributed by atoms with van der Waals surface area (Å²) in [5, 5.41) is 0. The molecule has 1 aromatic heterocycles. The van der Waals surface area contributed by atoms with E-state index in [1.165, 1.54) is 18.4 Å². The van der Waals surface area contributed by atoms with Crippen molar-refractivity contribution in [2.45, 2.75) is 76.9 Å². The van der Waals surface area contributed by atoms with Gasteiger partial charge >= 0.3 is 0 Å². The lowest BCUT2D eigenvalue weighted by molar-refractivity contribution is -0.127. The lowest BCUT2D eigenvalue weighted by atomic mass is 9.89. The zero-order valence-corrected chi connectivity index (χ0v) is 18.5. The van der Waals surface area contributed by atoms with Crippen molar-refractivity contribution < 1.29 is 4.79 Å². The molecule has 3 aliphatic heterocycles. The Labute approximate surface area is 175 Å². The number of rotatable bonds is 6. The van der Waals surface area contributed by atoms with Gasteiger partial charge in [-0.05, 0) is 70.6 Å². The van der Waals surface area contributed by atoms with Crippen molar-refractivity contribution in [1.29, 1.82) is 0 Å². The van der Waals surface area contributed by atoms with Crippen LogP contribution in [0.15, 0.2) is 12.4 Å². The summed E-state index contributed by atoms with van der Waals surface area (Å²) in [7, 11) is 2.22. The highest BCUT2D eigenvalue weighted by Gasteiger charge is 2.40. The number of piperazine rings is 1. The normalized spacial score (nSPS) is 28.5. The van der Waals surface area contributed by atoms with Gasteiger partial charge in [-0.2, -0.15) is 0 Å². The van der Waals surface area contributed by atoms with Crippen LogP contribution in [-0.2, 0) is 4.79 Å². The highest BCUT2D eigenvalue weighted by molar-refractivity contribution is 5.85. The number of likely N-dealkylation sites (N-methyl/N-ethyl adjacent to an activating group) is 1. The molecular weight excluding hydrogens is 362 g/mol. The third-order valence-corrected chi connectivity index (χ3v) is 7.61. The van der Waals surface area contributed by atoms with Crippen LogP contribution in [0, 0.1) is 5.92 Å². The topological polar surface area (TPSA) is 52.6 Å². The van der Waals surface area contributed by atoms with Crippen molar-refractivity contribution in [1.82, 2.24) is 19.8 Å². The second kappa shape index (κ2) is 8.68. The number of anilines is 1. The van der Waals surface area contributed by atoms with Gasteiger partial charge in [-0.3, -0.25) is 9.69 Å². The number of aromatic nitrogens is 2. The summed E-state index contributed by atoms with van der Waals surface area (Å²) in [5.41, 5.74) is 1.26. The van der Waals surface area contributed by atoms with Gasteiger partial charge in [-0.1, -0.05) is 13.8 Å². The summed E-state index contributed by atoms with van der Waals surface area (Å²) in [6, 6.07) is 1.17. The van der Waals surface area contributed by atoms with E-state index in [0.29, 0.717) is 23.8 Å². The second-order valence-corrected chi connectivity index (χ2v) is 9.53. The number of ketones is 1. The number of carbonyl (C=O) groups excluding carboxylic acids is 1. The van der Waals surface area contributed by atoms with Gasteiger partial charge in [0, 0.05) is 43.5 Å². The number of carbonyl (C=O) groups is 1. The van der Waals surface area contributed by atoms with Crippen LogP contribution >= 0.6 is 0 Å². The summed E-state index contributed by atoms with van der Waals surface area (Å²) in [6.07, 6.45) is 9.74. The Morgan fingerprint density at radius 2 is 1.66 bits per heavy atom. The molecule has 0 amide bonds. The molecule has 3 fully saturated rings. The number of hydrogen-bond donors (Lipinski definition) is 0. The Morgan fingerprint density at radius 1 is 1.07 bits per heavy atom. The van der Waals surface area contributed by atoms with Gasteiger partial charge in [0.2, 0.25) is 5.95 Å². The number of hydrogen-bond acceptors (Lipinski definition) is 6. The summed E-state index contributed by atoms with van der Waals surface area (Å²) >= 11 is 0. The maximum absolute atomic E-state index is 12.5. The molecule has 29 heavy (non-hydrogen) atoms. The lowest BCUT2D eigenvalue weighted by Gasteiger charge is -2.39. The maximum atomic E-state index is 12.5. The Morgan fingerprint density at radius 3 is 2.21 bits per heavy atom. The molecule has 1 aromatic rings. The average Bonchev–Trinajstić information content (AvgIpc) is 3.03. The molecule has 3 saturated heterocycles. The van der Waals surface area contributed by atoms with Gasteiger partial charge in [0.15, 0.2) is 5.78 Å². The first-order valence-corrected chi connectivity index (χ1v) is 11.5. The van der Waals surface area contributed by atoms with E-state index in [4.69, 9.17) is 9.97 Å². The predicted octanol–water partition coefficient (Wildman–Crippen LogP) is 2.94. The molecule has 0 N–H and O–H groups in total. The van der Waals surface area contributed by atoms with E-state index in [1.54, 1.807) is 0 Å². The van der Waals surface area contributed by atoms with Crippen molar-refractivity contribution in [3.8, 4) is 0 Å². The monoisotopic (exact) mass is 399 g/mol. The van der Waals surface area contributed by atoms with Gasteiger partial charge < -0.3 is 9.80 Å². The fourth-order valence-electron chi connectivity index (χ4n) is 5.53. The van der Waals surface area contributed by atoms with Crippen molar-refractivity contribution >= 4 is 11.7 Å². The zero-order valence-electron chi connectivity index (χ0n) is 18.5. The van der Waals surface area contributed by atoms with Gasteiger partial charge in [0.1, 0.15) is 0 Å². The molecule has 0 radical (unpaired) electrons. The fraction of sp³-hybridized carbons (Fsp3) is 0.783. The highest BCUT2D eigenvalue weighted by atomic mass is 16.1. The van der Waals surface area contributed by atoms with Crippen molar-refractivity contribution in [3.05, 3.63) is 18.0 Å². The summed E-state index contributed by atoms with van der Waals surface area (Å²) in [5.74, 6) is 1.98. The molecule has 4 heterocycles. The quantitative estimate of drug-likeness (QED) is 0.733. The Kier molecular flexibility index (Phi) is 6.21. The number of Topliss-reactive ketones (excluding diaryl/α,β-unsaturated/α-hetero) is 1. The van der Waals surface area contributed by atoms with Crippen LogP contribution in [0.5, 0.6) is 0 Å². The smallest absolute Gasteiger partial charge is 0.225 e. The molecule has 3 unspecified atom stereocenters. The Bertz CT molecular complexity index is 686. The number of fused-ring (bicyclic) bond motifs is 2. The van der Waals surface area contributed by atoms with Crippen LogP contribution < -0.4 is 4.90 Å². The SMILES string of the molecule is CCC(C)C(=O)[C@@H](C)N1CCC(c2cnc(N3C4CCC3CN(C)C4)nc2)CC1. The van der Waals surface area contributed by atoms with Gasteiger partial charge in [0.05, 0.1) is 6.04 Å². The number of piperidine rings is 1. The van der Waals surface area contributed by atoms with E-state index in [0.717, 1.165) is 51.4 Å². The molecule has 4 atom stereocenters. The number of nitrogens with zero attached hydrogens (tertiary/aromatic N) is 5. The largest absolute Gasteiger partial charge is 0.332 e. The molecule has 0 aromatic carbocycles. The molecule has 0 saturated carbocycles. The van der Waals surface area contributed by atoms with E-state index >= 15 is 0 Å².